The highest BCUT2D eigenvalue weighted by atomic mass is 35.5. The van der Waals surface area contributed by atoms with Crippen molar-refractivity contribution in [2.45, 2.75) is 13.0 Å². The van der Waals surface area contributed by atoms with Crippen LogP contribution in [0.1, 0.15) is 12.1 Å². The Morgan fingerprint density at radius 2 is 2.17 bits per heavy atom. The normalized spacial score (nSPS) is 26.7. The largest absolute Gasteiger partial charge is 0.353 e. The highest BCUT2D eigenvalue weighted by molar-refractivity contribution is 6.35. The third-order valence-corrected chi connectivity index (χ3v) is 4.45. The molecule has 2 aromatic rings. The molecule has 3 heterocycles. The standard InChI is InChI=1S/C13H14ClN3O/c14-11-3-15-13(18)12-10(11)2-9(16-12)6-17-4-7-1-8(7)5-17/h2-3,7-8,16H,1,4-6H2,(H,15,18). The van der Waals surface area contributed by atoms with Crippen molar-refractivity contribution in [2.75, 3.05) is 13.1 Å². The molecule has 0 spiro atoms. The van der Waals surface area contributed by atoms with Gasteiger partial charge in [-0.3, -0.25) is 9.69 Å². The zero-order chi connectivity index (χ0) is 12.3. The molecule has 2 aromatic heterocycles. The van der Waals surface area contributed by atoms with Crippen molar-refractivity contribution >= 4 is 22.5 Å². The highest BCUT2D eigenvalue weighted by Gasteiger charge is 2.44. The van der Waals surface area contributed by atoms with Gasteiger partial charge in [0.05, 0.1) is 5.02 Å². The van der Waals surface area contributed by atoms with Crippen LogP contribution in [0.5, 0.6) is 0 Å². The number of halogens is 1. The van der Waals surface area contributed by atoms with Crippen LogP contribution in [0.2, 0.25) is 5.02 Å². The van der Waals surface area contributed by atoms with Gasteiger partial charge in [-0.1, -0.05) is 11.6 Å². The Morgan fingerprint density at radius 1 is 1.39 bits per heavy atom. The van der Waals surface area contributed by atoms with Crippen LogP contribution in [-0.4, -0.2) is 28.0 Å². The second kappa shape index (κ2) is 3.62. The van der Waals surface area contributed by atoms with Crippen LogP contribution in [0, 0.1) is 11.8 Å². The van der Waals surface area contributed by atoms with Crippen LogP contribution in [0.15, 0.2) is 17.1 Å². The smallest absolute Gasteiger partial charge is 0.272 e. The SMILES string of the molecule is O=c1[nH]cc(Cl)c2cc(CN3CC4CC4C3)[nH]c12. The second-order valence-electron chi connectivity index (χ2n) is 5.50. The van der Waals surface area contributed by atoms with Gasteiger partial charge in [0, 0.05) is 36.9 Å². The summed E-state index contributed by atoms with van der Waals surface area (Å²) in [5, 5.41) is 1.41. The Labute approximate surface area is 109 Å². The average molecular weight is 264 g/mol. The Balaban J connectivity index is 1.67. The van der Waals surface area contributed by atoms with Crippen molar-refractivity contribution in [3.8, 4) is 0 Å². The molecule has 1 saturated carbocycles. The first-order chi connectivity index (χ1) is 8.70. The molecule has 0 radical (unpaired) electrons. The molecule has 2 atom stereocenters. The number of hydrogen-bond donors (Lipinski definition) is 2. The molecule has 2 unspecified atom stereocenters. The van der Waals surface area contributed by atoms with E-state index in [-0.39, 0.29) is 5.56 Å². The summed E-state index contributed by atoms with van der Waals surface area (Å²) < 4.78 is 0. The van der Waals surface area contributed by atoms with Gasteiger partial charge in [-0.25, -0.2) is 0 Å². The summed E-state index contributed by atoms with van der Waals surface area (Å²) in [6.07, 6.45) is 2.96. The molecule has 1 aliphatic heterocycles. The lowest BCUT2D eigenvalue weighted by Crippen LogP contribution is -2.22. The van der Waals surface area contributed by atoms with E-state index in [2.05, 4.69) is 14.9 Å². The number of rotatable bonds is 2. The summed E-state index contributed by atoms with van der Waals surface area (Å²) >= 11 is 6.09. The summed E-state index contributed by atoms with van der Waals surface area (Å²) in [6.45, 7) is 3.28. The Morgan fingerprint density at radius 3 is 2.89 bits per heavy atom. The lowest BCUT2D eigenvalue weighted by Gasteiger charge is -2.15. The predicted molar refractivity (Wildman–Crippen MR) is 70.8 cm³/mol. The number of pyridine rings is 1. The Kier molecular flexibility index (Phi) is 2.14. The molecule has 0 aromatic carbocycles. The molecule has 1 aliphatic carbocycles. The molecule has 4 rings (SSSR count). The van der Waals surface area contributed by atoms with Crippen LogP contribution in [0.4, 0.5) is 0 Å². The van der Waals surface area contributed by atoms with Crippen molar-refractivity contribution in [3.63, 3.8) is 0 Å². The minimum atomic E-state index is -0.107. The van der Waals surface area contributed by atoms with Gasteiger partial charge in [0.1, 0.15) is 5.52 Å². The Hall–Kier alpha value is -1.26. The van der Waals surface area contributed by atoms with Crippen LogP contribution in [-0.2, 0) is 6.54 Å². The highest BCUT2D eigenvalue weighted by Crippen LogP contribution is 2.45. The second-order valence-corrected chi connectivity index (χ2v) is 5.91. The van der Waals surface area contributed by atoms with E-state index < -0.39 is 0 Å². The molecule has 1 saturated heterocycles. The molecule has 2 fully saturated rings. The molecule has 2 aliphatic rings. The average Bonchev–Trinajstić information content (AvgIpc) is 2.77. The van der Waals surface area contributed by atoms with E-state index in [0.29, 0.717) is 10.5 Å². The summed E-state index contributed by atoms with van der Waals surface area (Å²) in [6, 6.07) is 2.00. The van der Waals surface area contributed by atoms with E-state index in [4.69, 9.17) is 11.6 Å². The fraction of sp³-hybridized carbons (Fsp3) is 0.462. The van der Waals surface area contributed by atoms with E-state index in [1.54, 1.807) is 6.20 Å². The molecule has 94 valence electrons. The molecule has 0 amide bonds. The van der Waals surface area contributed by atoms with Gasteiger partial charge >= 0.3 is 0 Å². The summed E-state index contributed by atoms with van der Waals surface area (Å²) in [5.41, 5.74) is 1.55. The van der Waals surface area contributed by atoms with E-state index in [1.165, 1.54) is 19.5 Å². The maximum absolute atomic E-state index is 11.7. The van der Waals surface area contributed by atoms with Crippen LogP contribution in [0.3, 0.4) is 0 Å². The van der Waals surface area contributed by atoms with E-state index in [9.17, 15) is 4.79 Å². The lowest BCUT2D eigenvalue weighted by atomic mass is 10.3. The third-order valence-electron chi connectivity index (χ3n) is 4.14. The molecule has 4 nitrogen and oxygen atoms in total. The van der Waals surface area contributed by atoms with Crippen molar-refractivity contribution in [3.05, 3.63) is 33.3 Å². The van der Waals surface area contributed by atoms with Gasteiger partial charge in [0.25, 0.3) is 5.56 Å². The van der Waals surface area contributed by atoms with Crippen molar-refractivity contribution in [2.24, 2.45) is 11.8 Å². The molecular weight excluding hydrogens is 250 g/mol. The molecular formula is C13H14ClN3O. The fourth-order valence-electron chi connectivity index (χ4n) is 3.11. The van der Waals surface area contributed by atoms with Crippen molar-refractivity contribution < 1.29 is 0 Å². The number of piperidine rings is 1. The van der Waals surface area contributed by atoms with Crippen molar-refractivity contribution in [1.29, 1.82) is 0 Å². The first-order valence-electron chi connectivity index (χ1n) is 6.32. The monoisotopic (exact) mass is 263 g/mol. The quantitative estimate of drug-likeness (QED) is 0.870. The van der Waals surface area contributed by atoms with Gasteiger partial charge in [-0.05, 0) is 24.3 Å². The topological polar surface area (TPSA) is 51.9 Å². The molecule has 5 heteroatoms. The lowest BCUT2D eigenvalue weighted by molar-refractivity contribution is 0.294. The first kappa shape index (κ1) is 10.6. The number of H-pyrrole nitrogens is 2. The van der Waals surface area contributed by atoms with E-state index in [0.717, 1.165) is 29.5 Å². The number of nitrogens with zero attached hydrogens (tertiary/aromatic N) is 1. The van der Waals surface area contributed by atoms with Gasteiger partial charge in [0.15, 0.2) is 0 Å². The predicted octanol–water partition coefficient (Wildman–Crippen LogP) is 1.96. The maximum atomic E-state index is 11.7. The van der Waals surface area contributed by atoms with Crippen LogP contribution >= 0.6 is 11.6 Å². The minimum absolute atomic E-state index is 0.107. The van der Waals surface area contributed by atoms with Crippen molar-refractivity contribution in [1.82, 2.24) is 14.9 Å². The van der Waals surface area contributed by atoms with Gasteiger partial charge in [0.2, 0.25) is 0 Å². The van der Waals surface area contributed by atoms with Gasteiger partial charge in [-0.15, -0.1) is 0 Å². The Bertz CT molecular complexity index is 664. The third kappa shape index (κ3) is 1.60. The molecule has 0 bridgehead atoms. The summed E-state index contributed by atoms with van der Waals surface area (Å²) in [5.74, 6) is 1.86. The minimum Gasteiger partial charge on any atom is -0.353 e. The number of hydrogen-bond acceptors (Lipinski definition) is 2. The number of aromatic amines is 2. The van der Waals surface area contributed by atoms with E-state index >= 15 is 0 Å². The number of fused-ring (bicyclic) bond motifs is 2. The molecule has 2 N–H and O–H groups in total. The fourth-order valence-corrected chi connectivity index (χ4v) is 3.31. The zero-order valence-corrected chi connectivity index (χ0v) is 10.6. The number of nitrogens with one attached hydrogen (secondary N) is 2. The summed E-state index contributed by atoms with van der Waals surface area (Å²) in [7, 11) is 0. The number of aromatic nitrogens is 2. The first-order valence-corrected chi connectivity index (χ1v) is 6.69. The molecule has 18 heavy (non-hydrogen) atoms. The zero-order valence-electron chi connectivity index (χ0n) is 9.87. The maximum Gasteiger partial charge on any atom is 0.272 e. The van der Waals surface area contributed by atoms with Crippen LogP contribution in [0.25, 0.3) is 10.9 Å². The van der Waals surface area contributed by atoms with Gasteiger partial charge < -0.3 is 9.97 Å². The van der Waals surface area contributed by atoms with Crippen LogP contribution < -0.4 is 5.56 Å². The van der Waals surface area contributed by atoms with E-state index in [1.807, 2.05) is 6.07 Å². The van der Waals surface area contributed by atoms with Gasteiger partial charge in [-0.2, -0.15) is 0 Å². The summed E-state index contributed by atoms with van der Waals surface area (Å²) in [4.78, 5) is 20.0. The number of likely N-dealkylation sites (tertiary alicyclic amines) is 1.